The molecule has 19 heavy (non-hydrogen) atoms. The maximum atomic E-state index is 5.61. The van der Waals surface area contributed by atoms with Crippen molar-refractivity contribution in [3.05, 3.63) is 29.3 Å². The van der Waals surface area contributed by atoms with Crippen LogP contribution in [0.5, 0.6) is 0 Å². The Kier molecular flexibility index (Phi) is 3.76. The molecule has 3 heteroatoms. The largest absolute Gasteiger partial charge is 0.375 e. The van der Waals surface area contributed by atoms with Crippen LogP contribution in [-0.4, -0.2) is 31.8 Å². The van der Waals surface area contributed by atoms with Crippen molar-refractivity contribution in [1.82, 2.24) is 5.32 Å². The number of nitrogens with one attached hydrogen (secondary N) is 1. The highest BCUT2D eigenvalue weighted by molar-refractivity contribution is 5.54. The first-order valence-corrected chi connectivity index (χ1v) is 7.42. The number of benzene rings is 1. The fraction of sp³-hybridized carbons (Fsp3) is 0.625. The van der Waals surface area contributed by atoms with Gasteiger partial charge in [0.25, 0.3) is 0 Å². The Morgan fingerprint density at radius 3 is 2.89 bits per heavy atom. The minimum absolute atomic E-state index is 0.337. The minimum Gasteiger partial charge on any atom is -0.375 e. The Labute approximate surface area is 115 Å². The number of morpholine rings is 1. The first-order valence-electron chi connectivity index (χ1n) is 7.42. The first kappa shape index (κ1) is 12.9. The third-order valence-corrected chi connectivity index (χ3v) is 4.02. The average Bonchev–Trinajstić information content (AvgIpc) is 3.20. The molecular formula is C16H24N2O. The van der Waals surface area contributed by atoms with Gasteiger partial charge in [-0.1, -0.05) is 12.1 Å². The van der Waals surface area contributed by atoms with E-state index in [1.165, 1.54) is 29.7 Å². The summed E-state index contributed by atoms with van der Waals surface area (Å²) in [6.07, 6.45) is 3.04. The summed E-state index contributed by atoms with van der Waals surface area (Å²) in [6.45, 7) is 8.22. The average molecular weight is 260 g/mol. The molecule has 0 radical (unpaired) electrons. The molecule has 2 aliphatic rings. The molecule has 1 aliphatic carbocycles. The van der Waals surface area contributed by atoms with Crippen LogP contribution in [0.3, 0.4) is 0 Å². The van der Waals surface area contributed by atoms with Crippen LogP contribution in [0.15, 0.2) is 18.2 Å². The topological polar surface area (TPSA) is 24.5 Å². The van der Waals surface area contributed by atoms with E-state index in [0.29, 0.717) is 6.10 Å². The second-order valence-corrected chi connectivity index (χ2v) is 5.90. The number of rotatable bonds is 4. The van der Waals surface area contributed by atoms with Gasteiger partial charge in [0, 0.05) is 31.4 Å². The Hall–Kier alpha value is -1.06. The maximum absolute atomic E-state index is 5.61. The molecule has 2 fully saturated rings. The molecule has 1 N–H and O–H groups in total. The monoisotopic (exact) mass is 260 g/mol. The van der Waals surface area contributed by atoms with Gasteiger partial charge in [-0.15, -0.1) is 0 Å². The summed E-state index contributed by atoms with van der Waals surface area (Å²) in [6, 6.07) is 7.64. The van der Waals surface area contributed by atoms with Gasteiger partial charge >= 0.3 is 0 Å². The molecule has 3 rings (SSSR count). The van der Waals surface area contributed by atoms with Crippen molar-refractivity contribution >= 4 is 5.69 Å². The van der Waals surface area contributed by atoms with Gasteiger partial charge in [0.05, 0.1) is 12.7 Å². The molecule has 1 saturated heterocycles. The highest BCUT2D eigenvalue weighted by Gasteiger charge is 2.21. The Morgan fingerprint density at radius 2 is 2.21 bits per heavy atom. The highest BCUT2D eigenvalue weighted by atomic mass is 16.5. The van der Waals surface area contributed by atoms with Crippen LogP contribution in [-0.2, 0) is 11.3 Å². The van der Waals surface area contributed by atoms with Crippen molar-refractivity contribution < 1.29 is 4.74 Å². The van der Waals surface area contributed by atoms with Crippen molar-refractivity contribution in [2.45, 2.75) is 45.4 Å². The lowest BCUT2D eigenvalue weighted by Crippen LogP contribution is -2.41. The van der Waals surface area contributed by atoms with Crippen LogP contribution >= 0.6 is 0 Å². The van der Waals surface area contributed by atoms with Gasteiger partial charge < -0.3 is 15.0 Å². The van der Waals surface area contributed by atoms with E-state index in [4.69, 9.17) is 4.74 Å². The summed E-state index contributed by atoms with van der Waals surface area (Å²) in [5.41, 5.74) is 4.14. The third-order valence-electron chi connectivity index (χ3n) is 4.02. The molecule has 1 aromatic rings. The molecule has 1 atom stereocenters. The van der Waals surface area contributed by atoms with Crippen molar-refractivity contribution in [2.75, 3.05) is 24.6 Å². The SMILES string of the molecule is Cc1cc(CNC2CC2)ccc1N1CCOC(C)C1. The summed E-state index contributed by atoms with van der Waals surface area (Å²) in [5, 5.41) is 3.57. The van der Waals surface area contributed by atoms with E-state index in [9.17, 15) is 0 Å². The van der Waals surface area contributed by atoms with E-state index in [2.05, 4.69) is 42.3 Å². The lowest BCUT2D eigenvalue weighted by molar-refractivity contribution is 0.0532. The summed E-state index contributed by atoms with van der Waals surface area (Å²) in [4.78, 5) is 2.45. The summed E-state index contributed by atoms with van der Waals surface area (Å²) >= 11 is 0. The van der Waals surface area contributed by atoms with Crippen LogP contribution < -0.4 is 10.2 Å². The lowest BCUT2D eigenvalue weighted by Gasteiger charge is -2.34. The Balaban J connectivity index is 1.67. The van der Waals surface area contributed by atoms with Crippen molar-refractivity contribution in [2.24, 2.45) is 0 Å². The zero-order valence-electron chi connectivity index (χ0n) is 12.0. The van der Waals surface area contributed by atoms with Crippen LogP contribution in [0, 0.1) is 6.92 Å². The molecule has 0 bridgehead atoms. The van der Waals surface area contributed by atoms with Crippen molar-refractivity contribution in [3.63, 3.8) is 0 Å². The molecule has 0 amide bonds. The summed E-state index contributed by atoms with van der Waals surface area (Å²) < 4.78 is 5.61. The quantitative estimate of drug-likeness (QED) is 0.900. The molecule has 1 heterocycles. The molecule has 3 nitrogen and oxygen atoms in total. The Morgan fingerprint density at radius 1 is 1.37 bits per heavy atom. The van der Waals surface area contributed by atoms with E-state index in [1.54, 1.807) is 0 Å². The second-order valence-electron chi connectivity index (χ2n) is 5.90. The molecule has 104 valence electrons. The van der Waals surface area contributed by atoms with E-state index in [1.807, 2.05) is 0 Å². The van der Waals surface area contributed by atoms with E-state index < -0.39 is 0 Å². The molecule has 1 aliphatic heterocycles. The van der Waals surface area contributed by atoms with E-state index in [0.717, 1.165) is 32.3 Å². The van der Waals surface area contributed by atoms with E-state index in [-0.39, 0.29) is 0 Å². The van der Waals surface area contributed by atoms with Gasteiger partial charge in [-0.25, -0.2) is 0 Å². The minimum atomic E-state index is 0.337. The molecule has 1 unspecified atom stereocenters. The molecule has 0 spiro atoms. The smallest absolute Gasteiger partial charge is 0.0722 e. The fourth-order valence-corrected chi connectivity index (χ4v) is 2.77. The number of hydrogen-bond acceptors (Lipinski definition) is 3. The zero-order valence-corrected chi connectivity index (χ0v) is 12.0. The van der Waals surface area contributed by atoms with Gasteiger partial charge in [0.15, 0.2) is 0 Å². The zero-order chi connectivity index (χ0) is 13.2. The first-order chi connectivity index (χ1) is 9.22. The number of anilines is 1. The van der Waals surface area contributed by atoms with Crippen LogP contribution in [0.1, 0.15) is 30.9 Å². The predicted molar refractivity (Wildman–Crippen MR) is 78.7 cm³/mol. The van der Waals surface area contributed by atoms with E-state index >= 15 is 0 Å². The lowest BCUT2D eigenvalue weighted by atomic mass is 10.1. The number of ether oxygens (including phenoxy) is 1. The summed E-state index contributed by atoms with van der Waals surface area (Å²) in [5.74, 6) is 0. The third kappa shape index (κ3) is 3.28. The van der Waals surface area contributed by atoms with Crippen molar-refractivity contribution in [1.29, 1.82) is 0 Å². The van der Waals surface area contributed by atoms with Crippen LogP contribution in [0.25, 0.3) is 0 Å². The molecule has 0 aromatic heterocycles. The van der Waals surface area contributed by atoms with Gasteiger partial charge in [-0.05, 0) is 43.9 Å². The van der Waals surface area contributed by atoms with Gasteiger partial charge in [-0.3, -0.25) is 0 Å². The highest BCUT2D eigenvalue weighted by Crippen LogP contribution is 2.24. The van der Waals surface area contributed by atoms with Gasteiger partial charge in [-0.2, -0.15) is 0 Å². The van der Waals surface area contributed by atoms with Crippen LogP contribution in [0.2, 0.25) is 0 Å². The Bertz CT molecular complexity index is 442. The van der Waals surface area contributed by atoms with Crippen molar-refractivity contribution in [3.8, 4) is 0 Å². The van der Waals surface area contributed by atoms with Crippen LogP contribution in [0.4, 0.5) is 5.69 Å². The number of nitrogens with zero attached hydrogens (tertiary/aromatic N) is 1. The van der Waals surface area contributed by atoms with Gasteiger partial charge in [0.2, 0.25) is 0 Å². The number of hydrogen-bond donors (Lipinski definition) is 1. The summed E-state index contributed by atoms with van der Waals surface area (Å²) in [7, 11) is 0. The standard InChI is InChI=1S/C16H24N2O/c1-12-9-14(10-17-15-4-5-15)3-6-16(12)18-7-8-19-13(2)11-18/h3,6,9,13,15,17H,4-5,7-8,10-11H2,1-2H3. The van der Waals surface area contributed by atoms with Gasteiger partial charge in [0.1, 0.15) is 0 Å². The maximum Gasteiger partial charge on any atom is 0.0722 e. The number of aryl methyl sites for hydroxylation is 1. The fourth-order valence-electron chi connectivity index (χ4n) is 2.77. The second kappa shape index (κ2) is 5.51. The molecule has 1 aromatic carbocycles. The predicted octanol–water partition coefficient (Wildman–Crippen LogP) is 2.47. The molecule has 1 saturated carbocycles. The molecular weight excluding hydrogens is 236 g/mol. The normalized spacial score (nSPS) is 23.7.